The Balaban J connectivity index is 2.36. The molecule has 0 aliphatic carbocycles. The van der Waals surface area contributed by atoms with E-state index in [1.807, 2.05) is 35.7 Å². The molecule has 0 saturated carbocycles. The summed E-state index contributed by atoms with van der Waals surface area (Å²) in [7, 11) is 2.87. The van der Waals surface area contributed by atoms with Crippen LogP contribution in [0.25, 0.3) is 11.1 Å². The molecule has 0 radical (unpaired) electrons. The summed E-state index contributed by atoms with van der Waals surface area (Å²) in [6.07, 6.45) is 0. The molecule has 0 bridgehead atoms. The first-order valence-corrected chi connectivity index (χ1v) is 7.84. The summed E-state index contributed by atoms with van der Waals surface area (Å²) >= 11 is 1.26. The number of carbonyl (C=O) groups excluding carboxylic acids is 2. The van der Waals surface area contributed by atoms with Gasteiger partial charge in [0, 0.05) is 24.5 Å². The number of aliphatic hydroxyl groups is 1. The number of carbonyl (C=O) groups is 2. The molecule has 2 amide bonds. The van der Waals surface area contributed by atoms with E-state index in [4.69, 9.17) is 9.84 Å². The second-order valence-electron chi connectivity index (χ2n) is 4.79. The van der Waals surface area contributed by atoms with E-state index in [0.717, 1.165) is 5.56 Å². The Morgan fingerprint density at radius 2 is 2.00 bits per heavy atom. The number of esters is 1. The number of nitrogens with one attached hydrogen (secondary N) is 1. The highest BCUT2D eigenvalue weighted by atomic mass is 32.1. The fourth-order valence-corrected chi connectivity index (χ4v) is 2.98. The monoisotopic (exact) mass is 334 g/mol. The number of benzene rings is 1. The second kappa shape index (κ2) is 7.75. The van der Waals surface area contributed by atoms with Crippen molar-refractivity contribution in [2.24, 2.45) is 0 Å². The molecule has 122 valence electrons. The van der Waals surface area contributed by atoms with Crippen molar-refractivity contribution in [3.8, 4) is 11.1 Å². The maximum Gasteiger partial charge on any atom is 0.341 e. The minimum Gasteiger partial charge on any atom is -0.465 e. The average Bonchev–Trinajstić information content (AvgIpc) is 2.98. The van der Waals surface area contributed by atoms with Crippen molar-refractivity contribution in [3.05, 3.63) is 41.3 Å². The number of amides is 2. The van der Waals surface area contributed by atoms with Crippen LogP contribution < -0.4 is 5.32 Å². The molecule has 2 rings (SSSR count). The third-order valence-corrected chi connectivity index (χ3v) is 4.16. The molecule has 0 aliphatic heterocycles. The summed E-state index contributed by atoms with van der Waals surface area (Å²) in [5, 5.41) is 13.8. The van der Waals surface area contributed by atoms with Gasteiger partial charge < -0.3 is 14.7 Å². The molecule has 2 N–H and O–H groups in total. The van der Waals surface area contributed by atoms with Gasteiger partial charge in [-0.05, 0) is 5.56 Å². The number of nitrogens with zero attached hydrogens (tertiary/aromatic N) is 1. The van der Waals surface area contributed by atoms with Crippen LogP contribution >= 0.6 is 11.3 Å². The van der Waals surface area contributed by atoms with E-state index in [1.54, 1.807) is 7.05 Å². The standard InChI is InChI=1S/C16H18N2O4S/c1-18(8-9-19)16(21)17-14-13(15(20)22-2)12(10-23-14)11-6-4-3-5-7-11/h3-7,10,19H,8-9H2,1-2H3,(H,17,21). The van der Waals surface area contributed by atoms with Crippen molar-refractivity contribution in [3.63, 3.8) is 0 Å². The van der Waals surface area contributed by atoms with Gasteiger partial charge in [-0.2, -0.15) is 0 Å². The van der Waals surface area contributed by atoms with Crippen LogP contribution in [0.4, 0.5) is 9.80 Å². The molecular weight excluding hydrogens is 316 g/mol. The number of hydrogen-bond acceptors (Lipinski definition) is 5. The van der Waals surface area contributed by atoms with Crippen molar-refractivity contribution in [2.45, 2.75) is 0 Å². The molecule has 1 aromatic heterocycles. The van der Waals surface area contributed by atoms with Gasteiger partial charge in [0.05, 0.1) is 13.7 Å². The summed E-state index contributed by atoms with van der Waals surface area (Å²) in [4.78, 5) is 25.6. The number of thiophene rings is 1. The molecule has 0 unspecified atom stereocenters. The van der Waals surface area contributed by atoms with E-state index in [2.05, 4.69) is 5.32 Å². The van der Waals surface area contributed by atoms with Gasteiger partial charge in [-0.3, -0.25) is 5.32 Å². The van der Waals surface area contributed by atoms with E-state index >= 15 is 0 Å². The largest absolute Gasteiger partial charge is 0.465 e. The summed E-state index contributed by atoms with van der Waals surface area (Å²) < 4.78 is 4.85. The van der Waals surface area contributed by atoms with E-state index in [1.165, 1.54) is 23.3 Å². The van der Waals surface area contributed by atoms with Crippen molar-refractivity contribution in [1.29, 1.82) is 0 Å². The Morgan fingerprint density at radius 3 is 2.61 bits per heavy atom. The lowest BCUT2D eigenvalue weighted by molar-refractivity contribution is 0.0603. The molecule has 23 heavy (non-hydrogen) atoms. The average molecular weight is 334 g/mol. The summed E-state index contributed by atoms with van der Waals surface area (Å²) in [6.45, 7) is 0.0732. The van der Waals surface area contributed by atoms with Crippen LogP contribution in [0.15, 0.2) is 35.7 Å². The third kappa shape index (κ3) is 3.88. The van der Waals surface area contributed by atoms with Gasteiger partial charge in [-0.15, -0.1) is 11.3 Å². The number of rotatable bonds is 5. The van der Waals surface area contributed by atoms with Gasteiger partial charge in [-0.25, -0.2) is 9.59 Å². The third-order valence-electron chi connectivity index (χ3n) is 3.27. The minimum atomic E-state index is -0.509. The lowest BCUT2D eigenvalue weighted by Gasteiger charge is -2.16. The van der Waals surface area contributed by atoms with Crippen LogP contribution in [0.3, 0.4) is 0 Å². The highest BCUT2D eigenvalue weighted by Gasteiger charge is 2.23. The molecule has 1 heterocycles. The fraction of sp³-hybridized carbons (Fsp3) is 0.250. The lowest BCUT2D eigenvalue weighted by atomic mass is 10.0. The molecule has 0 fully saturated rings. The first-order chi connectivity index (χ1) is 11.1. The number of anilines is 1. The van der Waals surface area contributed by atoms with Crippen molar-refractivity contribution >= 4 is 28.3 Å². The second-order valence-corrected chi connectivity index (χ2v) is 5.67. The number of urea groups is 1. The number of methoxy groups -OCH3 is 1. The van der Waals surface area contributed by atoms with E-state index in [-0.39, 0.29) is 13.2 Å². The molecule has 0 atom stereocenters. The van der Waals surface area contributed by atoms with Crippen LogP contribution in [-0.4, -0.2) is 49.3 Å². The molecular formula is C16H18N2O4S. The number of ether oxygens (including phenoxy) is 1. The zero-order valence-corrected chi connectivity index (χ0v) is 13.7. The zero-order chi connectivity index (χ0) is 16.8. The van der Waals surface area contributed by atoms with Crippen molar-refractivity contribution in [1.82, 2.24) is 4.90 Å². The highest BCUT2D eigenvalue weighted by Crippen LogP contribution is 2.36. The number of likely N-dealkylation sites (N-methyl/N-ethyl adjacent to an activating group) is 1. The first kappa shape index (κ1) is 17.0. The van der Waals surface area contributed by atoms with Gasteiger partial charge >= 0.3 is 12.0 Å². The SMILES string of the molecule is COC(=O)c1c(-c2ccccc2)csc1NC(=O)N(C)CCO. The van der Waals surface area contributed by atoms with Gasteiger partial charge in [0.15, 0.2) is 0 Å². The Labute approximate surface area is 138 Å². The molecule has 0 spiro atoms. The Morgan fingerprint density at radius 1 is 1.30 bits per heavy atom. The zero-order valence-electron chi connectivity index (χ0n) is 12.9. The quantitative estimate of drug-likeness (QED) is 0.824. The predicted octanol–water partition coefficient (Wildman–Crippen LogP) is 2.66. The highest BCUT2D eigenvalue weighted by molar-refractivity contribution is 7.15. The summed E-state index contributed by atoms with van der Waals surface area (Å²) in [5.74, 6) is -0.509. The normalized spacial score (nSPS) is 10.2. The van der Waals surface area contributed by atoms with Gasteiger partial charge in [0.2, 0.25) is 0 Å². The molecule has 6 nitrogen and oxygen atoms in total. The van der Waals surface area contributed by atoms with E-state index < -0.39 is 12.0 Å². The Bertz CT molecular complexity index is 685. The maximum absolute atomic E-state index is 12.1. The molecule has 0 saturated heterocycles. The van der Waals surface area contributed by atoms with Crippen LogP contribution in [-0.2, 0) is 4.74 Å². The fourth-order valence-electron chi connectivity index (χ4n) is 2.03. The Hall–Kier alpha value is -2.38. The molecule has 0 aliphatic rings. The molecule has 7 heteroatoms. The summed E-state index contributed by atoms with van der Waals surface area (Å²) in [6, 6.07) is 9.02. The topological polar surface area (TPSA) is 78.9 Å². The first-order valence-electron chi connectivity index (χ1n) is 6.96. The van der Waals surface area contributed by atoms with E-state index in [0.29, 0.717) is 16.1 Å². The van der Waals surface area contributed by atoms with Crippen LogP contribution in [0.2, 0.25) is 0 Å². The minimum absolute atomic E-state index is 0.131. The van der Waals surface area contributed by atoms with Crippen LogP contribution in [0.1, 0.15) is 10.4 Å². The maximum atomic E-state index is 12.1. The molecule has 2 aromatic rings. The number of aliphatic hydroxyl groups excluding tert-OH is 1. The van der Waals surface area contributed by atoms with Gasteiger partial charge in [0.1, 0.15) is 10.6 Å². The predicted molar refractivity (Wildman–Crippen MR) is 89.8 cm³/mol. The number of hydrogen-bond donors (Lipinski definition) is 2. The lowest BCUT2D eigenvalue weighted by Crippen LogP contribution is -2.33. The van der Waals surface area contributed by atoms with E-state index in [9.17, 15) is 9.59 Å². The Kier molecular flexibility index (Phi) is 5.72. The van der Waals surface area contributed by atoms with Crippen molar-refractivity contribution < 1.29 is 19.4 Å². The smallest absolute Gasteiger partial charge is 0.341 e. The van der Waals surface area contributed by atoms with Gasteiger partial charge in [-0.1, -0.05) is 30.3 Å². The van der Waals surface area contributed by atoms with Crippen LogP contribution in [0.5, 0.6) is 0 Å². The summed E-state index contributed by atoms with van der Waals surface area (Å²) in [5.41, 5.74) is 1.91. The van der Waals surface area contributed by atoms with Crippen LogP contribution in [0, 0.1) is 0 Å². The molecule has 1 aromatic carbocycles. The van der Waals surface area contributed by atoms with Gasteiger partial charge in [0.25, 0.3) is 0 Å². The van der Waals surface area contributed by atoms with Crippen molar-refractivity contribution in [2.75, 3.05) is 32.6 Å².